The lowest BCUT2D eigenvalue weighted by atomic mass is 10.1. The summed E-state index contributed by atoms with van der Waals surface area (Å²) in [6.45, 7) is 2.35. The Kier molecular flexibility index (Phi) is 6.90. The summed E-state index contributed by atoms with van der Waals surface area (Å²) < 4.78 is 17.8. The molecule has 1 rings (SSSR count). The second-order valence-electron chi connectivity index (χ2n) is 4.53. The fraction of sp³-hybridized carbons (Fsp3) is 0.400. The molecular weight excluding hydrogens is 261 g/mol. The first kappa shape index (κ1) is 16.3. The molecule has 110 valence electrons. The molecular formula is C15H20FNO3. The van der Waals surface area contributed by atoms with Crippen molar-refractivity contribution in [3.63, 3.8) is 0 Å². The van der Waals surface area contributed by atoms with Crippen molar-refractivity contribution in [1.29, 1.82) is 0 Å². The number of carbonyl (C=O) groups excluding carboxylic acids is 1. The average Bonchev–Trinajstić information content (AvgIpc) is 2.39. The second kappa shape index (κ2) is 8.45. The number of amides is 1. The van der Waals surface area contributed by atoms with Crippen LogP contribution in [-0.4, -0.2) is 37.4 Å². The van der Waals surface area contributed by atoms with E-state index in [1.165, 1.54) is 25.3 Å². The summed E-state index contributed by atoms with van der Waals surface area (Å²) in [6.07, 6.45) is 1.25. The highest BCUT2D eigenvalue weighted by Gasteiger charge is 2.05. The van der Waals surface area contributed by atoms with E-state index in [0.717, 1.165) is 0 Å². The summed E-state index contributed by atoms with van der Waals surface area (Å²) in [5.74, 6) is -0.602. The molecule has 1 aromatic carbocycles. The van der Waals surface area contributed by atoms with E-state index >= 15 is 0 Å². The average molecular weight is 281 g/mol. The van der Waals surface area contributed by atoms with Gasteiger partial charge in [0.25, 0.3) is 0 Å². The number of aliphatic hydroxyl groups is 1. The maximum Gasteiger partial charge on any atom is 0.244 e. The first-order valence-electron chi connectivity index (χ1n) is 6.42. The summed E-state index contributed by atoms with van der Waals surface area (Å²) in [4.78, 5) is 11.7. The van der Waals surface area contributed by atoms with Crippen molar-refractivity contribution in [2.75, 3.05) is 20.3 Å². The predicted molar refractivity (Wildman–Crippen MR) is 75.6 cm³/mol. The fourth-order valence-corrected chi connectivity index (χ4v) is 1.70. The number of hydrogen-bond acceptors (Lipinski definition) is 3. The van der Waals surface area contributed by atoms with Crippen LogP contribution < -0.4 is 5.32 Å². The van der Waals surface area contributed by atoms with Gasteiger partial charge in [0.05, 0.1) is 12.7 Å². The Hall–Kier alpha value is -1.72. The molecule has 20 heavy (non-hydrogen) atoms. The number of benzene rings is 1. The van der Waals surface area contributed by atoms with Crippen molar-refractivity contribution in [2.45, 2.75) is 19.4 Å². The molecule has 0 fully saturated rings. The Morgan fingerprint density at radius 2 is 2.30 bits per heavy atom. The molecule has 1 amide bonds. The van der Waals surface area contributed by atoms with Gasteiger partial charge in [-0.1, -0.05) is 12.1 Å². The van der Waals surface area contributed by atoms with Crippen LogP contribution in [0.25, 0.3) is 5.57 Å². The largest absolute Gasteiger partial charge is 0.391 e. The molecule has 0 saturated heterocycles. The monoisotopic (exact) mass is 281 g/mol. The molecule has 0 spiro atoms. The standard InChI is InChI=1S/C15H20FNO3/c1-11(12-4-3-5-13(16)9-12)8-15(19)17-7-6-14(18)10-20-2/h3-5,8-9,14,18H,6-7,10H2,1-2H3,(H,17,19)/b11-8-. The van der Waals surface area contributed by atoms with E-state index in [0.29, 0.717) is 24.1 Å². The van der Waals surface area contributed by atoms with E-state index < -0.39 is 6.10 Å². The molecule has 5 heteroatoms. The van der Waals surface area contributed by atoms with E-state index in [-0.39, 0.29) is 18.3 Å². The quantitative estimate of drug-likeness (QED) is 0.749. The van der Waals surface area contributed by atoms with Gasteiger partial charge in [-0.3, -0.25) is 4.79 Å². The van der Waals surface area contributed by atoms with Crippen molar-refractivity contribution < 1.29 is 19.0 Å². The number of nitrogens with one attached hydrogen (secondary N) is 1. The van der Waals surface area contributed by atoms with Gasteiger partial charge in [0.2, 0.25) is 5.91 Å². The zero-order valence-corrected chi connectivity index (χ0v) is 11.7. The Morgan fingerprint density at radius 3 is 2.95 bits per heavy atom. The Balaban J connectivity index is 2.46. The molecule has 0 aliphatic heterocycles. The molecule has 0 aliphatic carbocycles. The van der Waals surface area contributed by atoms with Gasteiger partial charge in [-0.25, -0.2) is 4.39 Å². The summed E-state index contributed by atoms with van der Waals surface area (Å²) in [5.41, 5.74) is 1.35. The van der Waals surface area contributed by atoms with Crippen LogP contribution in [0, 0.1) is 5.82 Å². The highest BCUT2D eigenvalue weighted by Crippen LogP contribution is 2.14. The van der Waals surface area contributed by atoms with Gasteiger partial charge in [-0.2, -0.15) is 0 Å². The molecule has 1 aromatic rings. The van der Waals surface area contributed by atoms with Gasteiger partial charge in [-0.15, -0.1) is 0 Å². The summed E-state index contributed by atoms with van der Waals surface area (Å²) in [6, 6.07) is 6.07. The lowest BCUT2D eigenvalue weighted by molar-refractivity contribution is -0.116. The molecule has 0 saturated carbocycles. The first-order valence-corrected chi connectivity index (χ1v) is 6.42. The number of ether oxygens (including phenoxy) is 1. The van der Waals surface area contributed by atoms with E-state index in [1.54, 1.807) is 19.1 Å². The molecule has 1 atom stereocenters. The number of rotatable bonds is 7. The predicted octanol–water partition coefficient (Wildman–Crippen LogP) is 1.74. The minimum atomic E-state index is -0.589. The number of methoxy groups -OCH3 is 1. The number of carbonyl (C=O) groups is 1. The number of halogens is 1. The zero-order chi connectivity index (χ0) is 15.0. The van der Waals surface area contributed by atoms with Crippen LogP contribution in [0.15, 0.2) is 30.3 Å². The van der Waals surface area contributed by atoms with Crippen LogP contribution in [0.1, 0.15) is 18.9 Å². The molecule has 0 bridgehead atoms. The summed E-state index contributed by atoms with van der Waals surface area (Å²) in [7, 11) is 1.51. The van der Waals surface area contributed by atoms with E-state index in [1.807, 2.05) is 0 Å². The van der Waals surface area contributed by atoms with Gasteiger partial charge >= 0.3 is 0 Å². The van der Waals surface area contributed by atoms with Gasteiger partial charge in [0, 0.05) is 19.7 Å². The van der Waals surface area contributed by atoms with Crippen molar-refractivity contribution >= 4 is 11.5 Å². The smallest absolute Gasteiger partial charge is 0.244 e. The normalized spacial score (nSPS) is 13.1. The summed E-state index contributed by atoms with van der Waals surface area (Å²) >= 11 is 0. The molecule has 0 radical (unpaired) electrons. The Labute approximate surface area is 118 Å². The molecule has 0 heterocycles. The van der Waals surface area contributed by atoms with Crippen LogP contribution in [0.3, 0.4) is 0 Å². The zero-order valence-electron chi connectivity index (χ0n) is 11.7. The topological polar surface area (TPSA) is 58.6 Å². The summed E-state index contributed by atoms with van der Waals surface area (Å²) in [5, 5.41) is 12.1. The van der Waals surface area contributed by atoms with Gasteiger partial charge in [-0.05, 0) is 36.6 Å². The molecule has 1 unspecified atom stereocenters. The fourth-order valence-electron chi connectivity index (χ4n) is 1.70. The third-order valence-corrected chi connectivity index (χ3v) is 2.76. The molecule has 0 aliphatic rings. The molecule has 2 N–H and O–H groups in total. The number of aliphatic hydroxyl groups excluding tert-OH is 1. The van der Waals surface area contributed by atoms with E-state index in [4.69, 9.17) is 4.74 Å². The van der Waals surface area contributed by atoms with Crippen molar-refractivity contribution in [3.8, 4) is 0 Å². The van der Waals surface area contributed by atoms with Gasteiger partial charge < -0.3 is 15.2 Å². The third kappa shape index (κ3) is 5.95. The maximum atomic E-state index is 13.1. The van der Waals surface area contributed by atoms with Gasteiger partial charge in [0.15, 0.2) is 0 Å². The minimum Gasteiger partial charge on any atom is -0.391 e. The van der Waals surface area contributed by atoms with Crippen molar-refractivity contribution in [3.05, 3.63) is 41.7 Å². The van der Waals surface area contributed by atoms with E-state index in [2.05, 4.69) is 5.32 Å². The van der Waals surface area contributed by atoms with Gasteiger partial charge in [0.1, 0.15) is 5.82 Å². The highest BCUT2D eigenvalue weighted by atomic mass is 19.1. The van der Waals surface area contributed by atoms with Crippen LogP contribution in [0.2, 0.25) is 0 Å². The van der Waals surface area contributed by atoms with Crippen molar-refractivity contribution in [2.24, 2.45) is 0 Å². The van der Waals surface area contributed by atoms with Crippen LogP contribution in [0.4, 0.5) is 4.39 Å². The number of hydrogen-bond donors (Lipinski definition) is 2. The third-order valence-electron chi connectivity index (χ3n) is 2.76. The minimum absolute atomic E-state index is 0.244. The van der Waals surface area contributed by atoms with E-state index in [9.17, 15) is 14.3 Å². The molecule has 4 nitrogen and oxygen atoms in total. The molecule has 0 aromatic heterocycles. The maximum absolute atomic E-state index is 13.1. The lowest BCUT2D eigenvalue weighted by Crippen LogP contribution is -2.27. The van der Waals surface area contributed by atoms with Crippen LogP contribution in [0.5, 0.6) is 0 Å². The SMILES string of the molecule is COCC(O)CCNC(=O)/C=C(/C)c1cccc(F)c1. The lowest BCUT2D eigenvalue weighted by Gasteiger charge is -2.09. The first-order chi connectivity index (χ1) is 9.52. The second-order valence-corrected chi connectivity index (χ2v) is 4.53. The number of allylic oxidation sites excluding steroid dienone is 1. The Bertz CT molecular complexity index is 474. The van der Waals surface area contributed by atoms with Crippen molar-refractivity contribution in [1.82, 2.24) is 5.32 Å². The highest BCUT2D eigenvalue weighted by molar-refractivity contribution is 5.94. The van der Waals surface area contributed by atoms with Crippen LogP contribution >= 0.6 is 0 Å². The Morgan fingerprint density at radius 1 is 1.55 bits per heavy atom. The van der Waals surface area contributed by atoms with Crippen LogP contribution in [-0.2, 0) is 9.53 Å².